The van der Waals surface area contributed by atoms with E-state index >= 15 is 0 Å². The van der Waals surface area contributed by atoms with E-state index in [9.17, 15) is 4.79 Å². The van der Waals surface area contributed by atoms with Gasteiger partial charge in [-0.2, -0.15) is 11.8 Å². The van der Waals surface area contributed by atoms with E-state index in [1.54, 1.807) is 18.9 Å². The monoisotopic (exact) mass is 309 g/mol. The maximum Gasteiger partial charge on any atom is 0.225 e. The third kappa shape index (κ3) is 5.98. The van der Waals surface area contributed by atoms with Gasteiger partial charge in [-0.1, -0.05) is 0 Å². The molecule has 1 aliphatic rings. The summed E-state index contributed by atoms with van der Waals surface area (Å²) >= 11 is 1.80. The molecule has 1 heterocycles. The smallest absolute Gasteiger partial charge is 0.225 e. The molecule has 1 fully saturated rings. The highest BCUT2D eigenvalue weighted by molar-refractivity contribution is 7.99. The van der Waals surface area contributed by atoms with Gasteiger partial charge in [0.1, 0.15) is 5.75 Å². The molecule has 0 unspecified atom stereocenters. The van der Waals surface area contributed by atoms with Crippen LogP contribution in [0.5, 0.6) is 5.75 Å². The van der Waals surface area contributed by atoms with E-state index in [4.69, 9.17) is 9.47 Å². The average Bonchev–Trinajstić information content (AvgIpc) is 2.53. The number of carbonyl (C=O) groups is 1. The van der Waals surface area contributed by atoms with Crippen molar-refractivity contribution in [2.75, 3.05) is 30.5 Å². The molecule has 1 N–H and O–H groups in total. The predicted octanol–water partition coefficient (Wildman–Crippen LogP) is 3.33. The Morgan fingerprint density at radius 3 is 2.86 bits per heavy atom. The molecule has 0 saturated carbocycles. The second-order valence-electron chi connectivity index (χ2n) is 5.09. The van der Waals surface area contributed by atoms with Gasteiger partial charge in [-0.25, -0.2) is 0 Å². The zero-order valence-corrected chi connectivity index (χ0v) is 13.3. The zero-order valence-electron chi connectivity index (χ0n) is 12.5. The highest BCUT2D eigenvalue weighted by atomic mass is 32.2. The standard InChI is InChI=1S/C16H23NO3S/c1-19-14-7-5-13(6-8-14)17-16(18)9-11-21-12-15-4-2-3-10-20-15/h5-8,15H,2-4,9-12H2,1H3,(H,17,18)/t15-/m0/s1. The fourth-order valence-corrected chi connectivity index (χ4v) is 3.24. The second kappa shape index (κ2) is 8.95. The molecule has 4 nitrogen and oxygen atoms in total. The van der Waals surface area contributed by atoms with Crippen LogP contribution in [-0.2, 0) is 9.53 Å². The van der Waals surface area contributed by atoms with Crippen LogP contribution in [0.25, 0.3) is 0 Å². The molecule has 116 valence electrons. The molecule has 1 amide bonds. The molecule has 2 rings (SSSR count). The minimum absolute atomic E-state index is 0.0530. The fourth-order valence-electron chi connectivity index (χ4n) is 2.22. The van der Waals surface area contributed by atoms with E-state index in [1.807, 2.05) is 24.3 Å². The first-order valence-electron chi connectivity index (χ1n) is 7.41. The lowest BCUT2D eigenvalue weighted by molar-refractivity contribution is -0.115. The molecule has 1 aliphatic heterocycles. The van der Waals surface area contributed by atoms with Crippen LogP contribution in [0.4, 0.5) is 5.69 Å². The largest absolute Gasteiger partial charge is 0.497 e. The molecule has 0 bridgehead atoms. The number of amides is 1. The molecular formula is C16H23NO3S. The van der Waals surface area contributed by atoms with Crippen LogP contribution in [0, 0.1) is 0 Å². The van der Waals surface area contributed by atoms with Crippen LogP contribution in [-0.4, -0.2) is 37.2 Å². The molecule has 0 aromatic heterocycles. The Bertz CT molecular complexity index is 430. The Labute approximate surface area is 130 Å². The first-order chi connectivity index (χ1) is 10.3. The van der Waals surface area contributed by atoms with Crippen molar-refractivity contribution in [3.8, 4) is 5.75 Å². The van der Waals surface area contributed by atoms with Gasteiger partial charge in [-0.05, 0) is 43.5 Å². The van der Waals surface area contributed by atoms with Gasteiger partial charge < -0.3 is 14.8 Å². The van der Waals surface area contributed by atoms with Crippen molar-refractivity contribution < 1.29 is 14.3 Å². The lowest BCUT2D eigenvalue weighted by atomic mass is 10.1. The normalized spacial score (nSPS) is 18.2. The van der Waals surface area contributed by atoms with E-state index in [2.05, 4.69) is 5.32 Å². The number of ether oxygens (including phenoxy) is 2. The minimum Gasteiger partial charge on any atom is -0.497 e. The summed E-state index contributed by atoms with van der Waals surface area (Å²) in [5.41, 5.74) is 0.807. The van der Waals surface area contributed by atoms with Crippen LogP contribution in [0.15, 0.2) is 24.3 Å². The SMILES string of the molecule is COc1ccc(NC(=O)CCSC[C@@H]2CCCCO2)cc1. The van der Waals surface area contributed by atoms with Gasteiger partial charge >= 0.3 is 0 Å². The van der Waals surface area contributed by atoms with Crippen LogP contribution in [0.2, 0.25) is 0 Å². The van der Waals surface area contributed by atoms with Gasteiger partial charge in [-0.15, -0.1) is 0 Å². The summed E-state index contributed by atoms with van der Waals surface area (Å²) in [7, 11) is 1.63. The van der Waals surface area contributed by atoms with Crippen LogP contribution in [0.3, 0.4) is 0 Å². The van der Waals surface area contributed by atoms with Crippen molar-refractivity contribution in [1.29, 1.82) is 0 Å². The molecule has 0 radical (unpaired) electrons. The number of thioether (sulfide) groups is 1. The Balaban J connectivity index is 1.60. The molecule has 21 heavy (non-hydrogen) atoms. The number of hydrogen-bond acceptors (Lipinski definition) is 4. The minimum atomic E-state index is 0.0530. The quantitative estimate of drug-likeness (QED) is 0.785. The number of anilines is 1. The van der Waals surface area contributed by atoms with E-state index < -0.39 is 0 Å². The van der Waals surface area contributed by atoms with Gasteiger partial charge in [0.25, 0.3) is 0 Å². The lowest BCUT2D eigenvalue weighted by Crippen LogP contribution is -2.21. The molecule has 0 spiro atoms. The molecule has 0 aliphatic carbocycles. The first kappa shape index (κ1) is 16.2. The third-order valence-electron chi connectivity index (χ3n) is 3.42. The second-order valence-corrected chi connectivity index (χ2v) is 6.24. The summed E-state index contributed by atoms with van der Waals surface area (Å²) in [6.07, 6.45) is 4.52. The summed E-state index contributed by atoms with van der Waals surface area (Å²) < 4.78 is 10.8. The topological polar surface area (TPSA) is 47.6 Å². The van der Waals surface area contributed by atoms with Gasteiger partial charge in [0.2, 0.25) is 5.91 Å². The fraction of sp³-hybridized carbons (Fsp3) is 0.562. The van der Waals surface area contributed by atoms with E-state index in [0.29, 0.717) is 12.5 Å². The van der Waals surface area contributed by atoms with Crippen molar-refractivity contribution in [1.82, 2.24) is 0 Å². The molecule has 1 aromatic rings. The maximum absolute atomic E-state index is 11.8. The Kier molecular flexibility index (Phi) is 6.89. The summed E-state index contributed by atoms with van der Waals surface area (Å²) in [5, 5.41) is 2.89. The summed E-state index contributed by atoms with van der Waals surface area (Å²) in [6, 6.07) is 7.37. The van der Waals surface area contributed by atoms with Gasteiger partial charge in [0.15, 0.2) is 0 Å². The Hall–Kier alpha value is -1.20. The van der Waals surface area contributed by atoms with Crippen molar-refractivity contribution in [3.05, 3.63) is 24.3 Å². The molecular weight excluding hydrogens is 286 g/mol. The van der Waals surface area contributed by atoms with E-state index in [-0.39, 0.29) is 5.91 Å². The Morgan fingerprint density at radius 1 is 1.38 bits per heavy atom. The lowest BCUT2D eigenvalue weighted by Gasteiger charge is -2.21. The number of carbonyl (C=O) groups excluding carboxylic acids is 1. The molecule has 1 saturated heterocycles. The number of rotatable bonds is 7. The van der Waals surface area contributed by atoms with Gasteiger partial charge in [0, 0.05) is 30.2 Å². The molecule has 1 atom stereocenters. The zero-order chi connectivity index (χ0) is 14.9. The third-order valence-corrected chi connectivity index (χ3v) is 4.53. The van der Waals surface area contributed by atoms with Gasteiger partial charge in [-0.3, -0.25) is 4.79 Å². The van der Waals surface area contributed by atoms with Crippen LogP contribution >= 0.6 is 11.8 Å². The van der Waals surface area contributed by atoms with Crippen LogP contribution in [0.1, 0.15) is 25.7 Å². The summed E-state index contributed by atoms with van der Waals surface area (Å²) in [6.45, 7) is 0.892. The van der Waals surface area contributed by atoms with Crippen molar-refractivity contribution in [3.63, 3.8) is 0 Å². The molecule has 5 heteroatoms. The predicted molar refractivity (Wildman–Crippen MR) is 87.2 cm³/mol. The number of benzene rings is 1. The summed E-state index contributed by atoms with van der Waals surface area (Å²) in [4.78, 5) is 11.8. The summed E-state index contributed by atoms with van der Waals surface area (Å²) in [5.74, 6) is 2.67. The van der Waals surface area contributed by atoms with E-state index in [1.165, 1.54) is 12.8 Å². The molecule has 1 aromatic carbocycles. The first-order valence-corrected chi connectivity index (χ1v) is 8.56. The van der Waals surface area contributed by atoms with Crippen molar-refractivity contribution in [2.24, 2.45) is 0 Å². The van der Waals surface area contributed by atoms with Crippen LogP contribution < -0.4 is 10.1 Å². The number of nitrogens with one attached hydrogen (secondary N) is 1. The number of hydrogen-bond donors (Lipinski definition) is 1. The number of methoxy groups -OCH3 is 1. The van der Waals surface area contributed by atoms with Crippen molar-refractivity contribution >= 4 is 23.4 Å². The average molecular weight is 309 g/mol. The van der Waals surface area contributed by atoms with E-state index in [0.717, 1.165) is 36.0 Å². The maximum atomic E-state index is 11.8. The Morgan fingerprint density at radius 2 is 2.19 bits per heavy atom. The highest BCUT2D eigenvalue weighted by Crippen LogP contribution is 2.18. The highest BCUT2D eigenvalue weighted by Gasteiger charge is 2.13. The van der Waals surface area contributed by atoms with Gasteiger partial charge in [0.05, 0.1) is 13.2 Å². The van der Waals surface area contributed by atoms with Crippen molar-refractivity contribution in [2.45, 2.75) is 31.8 Å².